The number of azo groups is 1. The van der Waals surface area contributed by atoms with E-state index in [4.69, 9.17) is 5.73 Å². The smallest absolute Gasteiger partial charge is 0.249 e. The van der Waals surface area contributed by atoms with Crippen molar-refractivity contribution >= 4 is 11.9 Å². The average Bonchev–Trinajstić information content (AvgIpc) is 3.53. The van der Waals surface area contributed by atoms with Crippen molar-refractivity contribution in [1.29, 1.82) is 0 Å². The summed E-state index contributed by atoms with van der Waals surface area (Å²) >= 11 is 0. The average molecular weight is 754 g/mol. The zero-order valence-electron chi connectivity index (χ0n) is 35.0. The molecule has 2 aromatic heterocycles. The van der Waals surface area contributed by atoms with Gasteiger partial charge in [0.2, 0.25) is 5.95 Å². The van der Waals surface area contributed by atoms with E-state index in [1.54, 1.807) is 29.3 Å². The molecule has 0 unspecified atom stereocenters. The van der Waals surface area contributed by atoms with Crippen LogP contribution in [0.1, 0.15) is 169 Å². The van der Waals surface area contributed by atoms with Crippen molar-refractivity contribution in [3.8, 4) is 0 Å². The summed E-state index contributed by atoms with van der Waals surface area (Å²) in [7, 11) is 5.48. The molecule has 2 aliphatic carbocycles. The first kappa shape index (κ1) is 62.3. The summed E-state index contributed by atoms with van der Waals surface area (Å²) in [4.78, 5) is 8.25. The van der Waals surface area contributed by atoms with Crippen LogP contribution in [-0.2, 0) is 39.8 Å². The van der Waals surface area contributed by atoms with Gasteiger partial charge in [-0.3, -0.25) is 0 Å². The Morgan fingerprint density at radius 3 is 1.02 bits per heavy atom. The van der Waals surface area contributed by atoms with Gasteiger partial charge in [-0.05, 0) is 101 Å². The van der Waals surface area contributed by atoms with Gasteiger partial charge in [-0.2, -0.15) is 5.11 Å². The lowest BCUT2D eigenvalue weighted by atomic mass is 9.92. The zero-order valence-corrected chi connectivity index (χ0v) is 35.0. The zero-order chi connectivity index (χ0) is 38.5. The third kappa shape index (κ3) is 23.8. The number of nitrogens with zero attached hydrogens (tertiary/aromatic N) is 6. The lowest BCUT2D eigenvalue weighted by Gasteiger charge is -2.13. The Morgan fingerprint density at radius 1 is 0.556 bits per heavy atom. The van der Waals surface area contributed by atoms with E-state index < -0.39 is 0 Å². The van der Waals surface area contributed by atoms with Gasteiger partial charge >= 0.3 is 0 Å². The molecule has 0 bridgehead atoms. The van der Waals surface area contributed by atoms with Crippen LogP contribution in [0.25, 0.3) is 0 Å². The van der Waals surface area contributed by atoms with E-state index >= 15 is 0 Å². The van der Waals surface area contributed by atoms with Crippen molar-refractivity contribution in [3.05, 3.63) is 93.6 Å². The van der Waals surface area contributed by atoms with Gasteiger partial charge in [0.05, 0.1) is 11.4 Å². The van der Waals surface area contributed by atoms with Gasteiger partial charge in [0.25, 0.3) is 0 Å². The van der Waals surface area contributed by atoms with E-state index in [1.165, 1.54) is 64.2 Å². The minimum absolute atomic E-state index is 0. The number of anilines is 1. The number of rotatable bonds is 1. The number of benzene rings is 2. The molecule has 2 aliphatic rings. The van der Waals surface area contributed by atoms with E-state index in [9.17, 15) is 0 Å². The monoisotopic (exact) mass is 754 g/mol. The maximum absolute atomic E-state index is 5.49. The first-order chi connectivity index (χ1) is 24.1. The van der Waals surface area contributed by atoms with Gasteiger partial charge in [-0.25, -0.2) is 9.97 Å². The molecular formula is C47H91N7. The molecule has 0 saturated carbocycles. The van der Waals surface area contributed by atoms with Crippen LogP contribution >= 0.6 is 0 Å². The summed E-state index contributed by atoms with van der Waals surface area (Å²) in [5.41, 5.74) is 16.1. The fourth-order valence-electron chi connectivity index (χ4n) is 4.97. The number of hydrogen-bond acceptors (Lipinski definition) is 5. The second kappa shape index (κ2) is 39.0. The number of aromatic nitrogens is 4. The Bertz CT molecular complexity index is 1300. The second-order valence-corrected chi connectivity index (χ2v) is 12.0. The Labute approximate surface area is 337 Å². The summed E-state index contributed by atoms with van der Waals surface area (Å²) in [6.45, 7) is 24.4. The summed E-state index contributed by atoms with van der Waals surface area (Å²) in [5.74, 6) is 1.26. The van der Waals surface area contributed by atoms with Crippen LogP contribution in [0, 0.1) is 27.7 Å². The molecule has 2 aromatic carbocycles. The van der Waals surface area contributed by atoms with E-state index in [0.29, 0.717) is 11.9 Å². The fraction of sp³-hybridized carbons (Fsp3) is 0.617. The summed E-state index contributed by atoms with van der Waals surface area (Å²) in [6.07, 6.45) is 13.3. The van der Waals surface area contributed by atoms with Gasteiger partial charge in [-0.15, -0.1) is 5.11 Å². The van der Waals surface area contributed by atoms with Crippen LogP contribution in [0.3, 0.4) is 0 Å². The van der Waals surface area contributed by atoms with E-state index in [-0.39, 0.29) is 29.7 Å². The van der Waals surface area contributed by atoms with Crippen molar-refractivity contribution in [3.63, 3.8) is 0 Å². The highest BCUT2D eigenvalue weighted by atomic mass is 15.2. The molecule has 0 amide bonds. The number of nitrogens with two attached hydrogens (primary N) is 1. The molecule has 6 rings (SSSR count). The molecule has 7 nitrogen and oxygen atoms in total. The maximum atomic E-state index is 5.49. The van der Waals surface area contributed by atoms with Crippen molar-refractivity contribution in [2.45, 2.75) is 177 Å². The van der Waals surface area contributed by atoms with Crippen molar-refractivity contribution in [1.82, 2.24) is 19.1 Å². The number of nitrogen functional groups attached to an aromatic ring is 1. The summed E-state index contributed by atoms with van der Waals surface area (Å²) < 4.78 is 3.79. The van der Waals surface area contributed by atoms with Crippen LogP contribution in [0.15, 0.2) is 58.8 Å². The second-order valence-electron chi connectivity index (χ2n) is 12.0. The third-order valence-electron chi connectivity index (χ3n) is 7.96. The highest BCUT2D eigenvalue weighted by Gasteiger charge is 2.07. The van der Waals surface area contributed by atoms with Crippen LogP contribution < -0.4 is 5.73 Å². The molecule has 0 spiro atoms. The van der Waals surface area contributed by atoms with Gasteiger partial charge < -0.3 is 14.9 Å². The predicted molar refractivity (Wildman–Crippen MR) is 248 cm³/mol. The highest BCUT2D eigenvalue weighted by Crippen LogP contribution is 2.21. The maximum Gasteiger partial charge on any atom is 0.249 e. The number of aryl methyl sites for hydroxylation is 6. The van der Waals surface area contributed by atoms with Crippen LogP contribution in [0.2, 0.25) is 0 Å². The Morgan fingerprint density at radius 2 is 0.833 bits per heavy atom. The minimum Gasteiger partial charge on any atom is -0.369 e. The number of hydrogen-bond donors (Lipinski definition) is 1. The topological polar surface area (TPSA) is 86.4 Å². The lowest BCUT2D eigenvalue weighted by molar-refractivity contribution is 0.685. The fourth-order valence-corrected chi connectivity index (χ4v) is 4.97. The normalized spacial score (nSPS) is 10.9. The lowest BCUT2D eigenvalue weighted by Crippen LogP contribution is -2.00. The SMILES string of the molecule is C.C.C.C.CC.CC.CCC.CCC.CN=Nc1nc(C)c(C)n1C.Cc1nc(N)n(C)c1C.c1ccc2c(c1)CCCC2.c1ccc2c(c1)CCCC2. The molecule has 54 heavy (non-hydrogen) atoms. The minimum atomic E-state index is 0. The van der Waals surface area contributed by atoms with E-state index in [0.717, 1.165) is 22.8 Å². The molecule has 0 atom stereocenters. The predicted octanol–water partition coefficient (Wildman–Crippen LogP) is 14.9. The van der Waals surface area contributed by atoms with Crippen LogP contribution in [0.4, 0.5) is 11.9 Å². The van der Waals surface area contributed by atoms with Crippen LogP contribution in [0.5, 0.6) is 0 Å². The van der Waals surface area contributed by atoms with E-state index in [2.05, 4.69) is 96.4 Å². The number of fused-ring (bicyclic) bond motifs is 2. The molecule has 2 heterocycles. The quantitative estimate of drug-likeness (QED) is 0.196. The molecule has 0 fully saturated rings. The first-order valence-electron chi connectivity index (χ1n) is 19.2. The van der Waals surface area contributed by atoms with Gasteiger partial charge in [0.1, 0.15) is 0 Å². The van der Waals surface area contributed by atoms with Crippen molar-refractivity contribution < 1.29 is 0 Å². The molecule has 314 valence electrons. The molecule has 7 heteroatoms. The van der Waals surface area contributed by atoms with Gasteiger partial charge in [0.15, 0.2) is 5.95 Å². The van der Waals surface area contributed by atoms with Crippen molar-refractivity contribution in [2.24, 2.45) is 24.3 Å². The largest absolute Gasteiger partial charge is 0.369 e. The van der Waals surface area contributed by atoms with Gasteiger partial charge in [0, 0.05) is 32.5 Å². The Balaban J connectivity index is -0.000000129. The molecule has 4 aromatic rings. The molecular weight excluding hydrogens is 663 g/mol. The van der Waals surface area contributed by atoms with Crippen molar-refractivity contribution in [2.75, 3.05) is 12.8 Å². The van der Waals surface area contributed by atoms with E-state index in [1.807, 2.05) is 78.6 Å². The molecule has 0 radical (unpaired) electrons. The van der Waals surface area contributed by atoms with Crippen LogP contribution in [-0.4, -0.2) is 26.1 Å². The molecule has 0 saturated heterocycles. The molecule has 0 aliphatic heterocycles. The number of imidazole rings is 2. The summed E-state index contributed by atoms with van der Waals surface area (Å²) in [6, 6.07) is 17.6. The van der Waals surface area contributed by atoms with Gasteiger partial charge in [-0.1, -0.05) is 146 Å². The summed E-state index contributed by atoms with van der Waals surface area (Å²) in [5, 5.41) is 7.53. The Kier molecular flexibility index (Phi) is 44.9. The standard InChI is InChI=1S/2C10H12.C7H12N4.C6H11N3.2C3H8.2C2H6.4CH4/c2*1-2-6-10-8-4-3-7-9(10)5-1;1-5-6(2)11(4)7(9-5)10-8-3;1-4-5(2)9(3)6(7)8-4;2*1-3-2;2*1-2;;;;/h2*1-2,5-6H,3-4,7-8H2;1-4H3;1-3H3,(H2,7,8);2*3H2,1-2H3;2*1-2H3;4*1H4. The first-order valence-corrected chi connectivity index (χ1v) is 19.2. The highest BCUT2D eigenvalue weighted by molar-refractivity contribution is 5.30. The Hall–Kier alpha value is -3.74. The molecule has 2 N–H and O–H groups in total. The third-order valence-corrected chi connectivity index (χ3v) is 7.96.